The summed E-state index contributed by atoms with van der Waals surface area (Å²) in [5.41, 5.74) is 0. The van der Waals surface area contributed by atoms with E-state index < -0.39 is 6.10 Å². The van der Waals surface area contributed by atoms with E-state index in [0.29, 0.717) is 12.8 Å². The van der Waals surface area contributed by atoms with Gasteiger partial charge in [-0.05, 0) is 89.9 Å². The van der Waals surface area contributed by atoms with Crippen LogP contribution in [0.1, 0.15) is 322 Å². The van der Waals surface area contributed by atoms with Crippen LogP contribution >= 0.6 is 0 Å². The van der Waals surface area contributed by atoms with Gasteiger partial charge < -0.3 is 14.6 Å². The molecule has 0 heterocycles. The lowest BCUT2D eigenvalue weighted by Gasteiger charge is -2.15. The average molecular weight is 1110 g/mol. The highest BCUT2D eigenvalue weighted by atomic mass is 16.6. The van der Waals surface area contributed by atoms with Crippen LogP contribution in [0.3, 0.4) is 0 Å². The Bertz CT molecular complexity index is 1590. The Labute approximate surface area is 496 Å². The molecule has 0 saturated carbocycles. The second-order valence-electron chi connectivity index (χ2n) is 22.5. The molecule has 458 valence electrons. The molecule has 80 heavy (non-hydrogen) atoms. The zero-order valence-electron chi connectivity index (χ0n) is 52.6. The van der Waals surface area contributed by atoms with E-state index in [2.05, 4.69) is 135 Å². The van der Waals surface area contributed by atoms with Crippen LogP contribution in [-0.2, 0) is 19.1 Å². The third kappa shape index (κ3) is 66.8. The summed E-state index contributed by atoms with van der Waals surface area (Å²) in [7, 11) is 0. The van der Waals surface area contributed by atoms with Crippen molar-refractivity contribution in [3.05, 3.63) is 122 Å². The molecule has 0 amide bonds. The molecule has 0 aliphatic rings. The minimum absolute atomic E-state index is 0.0878. The highest BCUT2D eigenvalue weighted by Crippen LogP contribution is 2.18. The first kappa shape index (κ1) is 76.3. The summed E-state index contributed by atoms with van der Waals surface area (Å²) < 4.78 is 10.7. The lowest BCUT2D eigenvalue weighted by molar-refractivity contribution is -0.161. The van der Waals surface area contributed by atoms with Crippen LogP contribution in [-0.4, -0.2) is 36.4 Å². The fourth-order valence-electron chi connectivity index (χ4n) is 9.70. The number of aliphatic hydroxyl groups excluding tert-OH is 1. The molecule has 0 aliphatic carbocycles. The van der Waals surface area contributed by atoms with E-state index in [4.69, 9.17) is 9.47 Å². The summed E-state index contributed by atoms with van der Waals surface area (Å²) >= 11 is 0. The van der Waals surface area contributed by atoms with Gasteiger partial charge >= 0.3 is 11.9 Å². The average Bonchev–Trinajstić information content (AvgIpc) is 3.46. The molecule has 5 heteroatoms. The summed E-state index contributed by atoms with van der Waals surface area (Å²) in [4.78, 5) is 24.6. The van der Waals surface area contributed by atoms with Crippen molar-refractivity contribution in [2.45, 2.75) is 328 Å². The molecule has 0 fully saturated rings. The third-order valence-corrected chi connectivity index (χ3v) is 14.8. The van der Waals surface area contributed by atoms with Crippen LogP contribution in [0.2, 0.25) is 0 Å². The lowest BCUT2D eigenvalue weighted by atomic mass is 10.0. The van der Waals surface area contributed by atoms with Gasteiger partial charge in [-0.1, -0.05) is 341 Å². The molecule has 0 rings (SSSR count). The van der Waals surface area contributed by atoms with Crippen LogP contribution < -0.4 is 0 Å². The van der Waals surface area contributed by atoms with Gasteiger partial charge in [0.05, 0.1) is 6.61 Å². The normalized spacial score (nSPS) is 13.0. The van der Waals surface area contributed by atoms with Crippen molar-refractivity contribution in [3.8, 4) is 0 Å². The molecule has 0 saturated heterocycles. The van der Waals surface area contributed by atoms with Crippen molar-refractivity contribution < 1.29 is 24.2 Å². The van der Waals surface area contributed by atoms with Gasteiger partial charge in [0, 0.05) is 12.8 Å². The number of aliphatic hydroxyl groups is 1. The Morgan fingerprint density at radius 3 is 0.812 bits per heavy atom. The fourth-order valence-corrected chi connectivity index (χ4v) is 9.70. The monoisotopic (exact) mass is 1110 g/mol. The second kappa shape index (κ2) is 69.6. The van der Waals surface area contributed by atoms with E-state index in [-0.39, 0.29) is 25.2 Å². The molecule has 1 unspecified atom stereocenters. The zero-order chi connectivity index (χ0) is 57.6. The Morgan fingerprint density at radius 2 is 0.537 bits per heavy atom. The van der Waals surface area contributed by atoms with Crippen molar-refractivity contribution in [3.63, 3.8) is 0 Å². The Morgan fingerprint density at radius 1 is 0.300 bits per heavy atom. The standard InChI is InChI=1S/C75H128O5/c1-3-5-7-9-11-13-15-17-19-21-23-25-27-29-31-33-35-37-39-41-43-45-47-49-51-53-55-57-59-61-63-65-67-69-74(77)79-72-73(71-76)80-75(78)70-68-66-64-62-60-58-56-54-52-50-48-46-44-42-40-38-36-34-32-30-28-26-24-22-20-18-16-14-12-10-8-6-4-2/h6,8,12,14,18,20,24,26,30,32,36,38,42,44,48,50,54,56,60,62,73,76H,3-5,7,9-11,13,15-17,19,21-23,25,27-29,31,33-35,37,39-41,43,45-47,49,51-53,55,57-59,61,63-72H2,1-2H3/b8-6-,14-12-,20-18-,26-24-,32-30-,38-36-,44-42-,50-48-,56-54-,62-60-. The Hall–Kier alpha value is -3.70. The number of hydrogen-bond acceptors (Lipinski definition) is 5. The van der Waals surface area contributed by atoms with E-state index >= 15 is 0 Å². The third-order valence-electron chi connectivity index (χ3n) is 14.8. The number of carbonyl (C=O) groups is 2. The van der Waals surface area contributed by atoms with Crippen LogP contribution in [0.25, 0.3) is 0 Å². The minimum Gasteiger partial charge on any atom is -0.462 e. The van der Waals surface area contributed by atoms with Crippen LogP contribution in [0.5, 0.6) is 0 Å². The summed E-state index contributed by atoms with van der Waals surface area (Å²) in [5.74, 6) is -0.637. The number of ether oxygens (including phenoxy) is 2. The SMILES string of the molecule is CC/C=C\C/C=C\C/C=C\C/C=C\C/C=C\C/C=C\C/C=C\C/C=C\C/C=C\C/C=C\CCCCC(=O)OC(CO)COC(=O)CCCCCCCCCCCCCCCCCCCCCCCCCCCCCCCCCCC. The topological polar surface area (TPSA) is 72.8 Å². The van der Waals surface area contributed by atoms with E-state index in [1.165, 1.54) is 193 Å². The highest BCUT2D eigenvalue weighted by molar-refractivity contribution is 5.70. The summed E-state index contributed by atoms with van der Waals surface area (Å²) in [5, 5.41) is 9.69. The van der Waals surface area contributed by atoms with Gasteiger partial charge in [0.25, 0.3) is 0 Å². The van der Waals surface area contributed by atoms with Crippen LogP contribution in [0.15, 0.2) is 122 Å². The summed E-state index contributed by atoms with van der Waals surface area (Å²) in [6.07, 6.45) is 102. The highest BCUT2D eigenvalue weighted by Gasteiger charge is 2.16. The molecule has 0 radical (unpaired) electrons. The summed E-state index contributed by atoms with van der Waals surface area (Å²) in [6, 6.07) is 0. The molecule has 0 aromatic carbocycles. The molecular weight excluding hydrogens is 981 g/mol. The number of esters is 2. The number of carbonyl (C=O) groups excluding carboxylic acids is 2. The lowest BCUT2D eigenvalue weighted by Crippen LogP contribution is -2.28. The van der Waals surface area contributed by atoms with E-state index in [1.807, 2.05) is 0 Å². The Balaban J connectivity index is 3.55. The van der Waals surface area contributed by atoms with Crippen molar-refractivity contribution in [1.82, 2.24) is 0 Å². The van der Waals surface area contributed by atoms with E-state index in [9.17, 15) is 14.7 Å². The molecule has 0 spiro atoms. The first-order valence-electron chi connectivity index (χ1n) is 34.1. The minimum atomic E-state index is -0.804. The summed E-state index contributed by atoms with van der Waals surface area (Å²) in [6.45, 7) is 4.02. The van der Waals surface area contributed by atoms with Crippen LogP contribution in [0, 0.1) is 0 Å². The van der Waals surface area contributed by atoms with Gasteiger partial charge in [0.1, 0.15) is 6.61 Å². The second-order valence-corrected chi connectivity index (χ2v) is 22.5. The van der Waals surface area contributed by atoms with Gasteiger partial charge in [-0.15, -0.1) is 0 Å². The van der Waals surface area contributed by atoms with Crippen molar-refractivity contribution >= 4 is 11.9 Å². The van der Waals surface area contributed by atoms with Gasteiger partial charge in [0.15, 0.2) is 6.10 Å². The van der Waals surface area contributed by atoms with Crippen LogP contribution in [0.4, 0.5) is 0 Å². The van der Waals surface area contributed by atoms with E-state index in [1.54, 1.807) is 0 Å². The first-order valence-corrected chi connectivity index (χ1v) is 34.1. The maximum atomic E-state index is 12.3. The predicted octanol–water partition coefficient (Wildman–Crippen LogP) is 23.8. The van der Waals surface area contributed by atoms with Crippen molar-refractivity contribution in [1.29, 1.82) is 0 Å². The quantitative estimate of drug-likeness (QED) is 0.0373. The molecule has 0 bridgehead atoms. The number of rotatable bonds is 62. The molecule has 0 aromatic rings. The van der Waals surface area contributed by atoms with Gasteiger partial charge in [-0.25, -0.2) is 0 Å². The predicted molar refractivity (Wildman–Crippen MR) is 352 cm³/mol. The van der Waals surface area contributed by atoms with Gasteiger partial charge in [0.2, 0.25) is 0 Å². The maximum Gasteiger partial charge on any atom is 0.306 e. The molecular formula is C75H128O5. The molecule has 0 aliphatic heterocycles. The molecule has 1 atom stereocenters. The smallest absolute Gasteiger partial charge is 0.306 e. The molecule has 5 nitrogen and oxygen atoms in total. The Kier molecular flexibility index (Phi) is 66.4. The van der Waals surface area contributed by atoms with Gasteiger partial charge in [-0.3, -0.25) is 9.59 Å². The first-order chi connectivity index (χ1) is 39.6. The largest absolute Gasteiger partial charge is 0.462 e. The number of unbranched alkanes of at least 4 members (excludes halogenated alkanes) is 34. The number of allylic oxidation sites excluding steroid dienone is 20. The van der Waals surface area contributed by atoms with Gasteiger partial charge in [-0.2, -0.15) is 0 Å². The maximum absolute atomic E-state index is 12.3. The van der Waals surface area contributed by atoms with Crippen molar-refractivity contribution in [2.24, 2.45) is 0 Å². The molecule has 0 aromatic heterocycles. The molecule has 1 N–H and O–H groups in total. The number of hydrogen-bond donors (Lipinski definition) is 1. The van der Waals surface area contributed by atoms with E-state index in [0.717, 1.165) is 103 Å². The fraction of sp³-hybridized carbons (Fsp3) is 0.707. The van der Waals surface area contributed by atoms with Crippen molar-refractivity contribution in [2.75, 3.05) is 13.2 Å². The zero-order valence-corrected chi connectivity index (χ0v) is 52.6.